The number of amidine groups is 1. The molecule has 2 aromatic heterocycles. The summed E-state index contributed by atoms with van der Waals surface area (Å²) in [4.78, 5) is 11.6. The summed E-state index contributed by atoms with van der Waals surface area (Å²) < 4.78 is 8.08. The Kier molecular flexibility index (Phi) is 4.94. The van der Waals surface area contributed by atoms with E-state index in [2.05, 4.69) is 22.4 Å². The Morgan fingerprint density at radius 2 is 2.06 bits per heavy atom. The molecule has 1 unspecified atom stereocenters. The second-order valence-corrected chi connectivity index (χ2v) is 8.24. The van der Waals surface area contributed by atoms with Gasteiger partial charge in [-0.05, 0) is 62.4 Å². The molecule has 5 rings (SSSR count). The molecule has 4 N–H and O–H groups in total. The summed E-state index contributed by atoms with van der Waals surface area (Å²) in [5.74, 6) is 0.688. The van der Waals surface area contributed by atoms with Crippen molar-refractivity contribution >= 4 is 40.0 Å². The van der Waals surface area contributed by atoms with Crippen molar-refractivity contribution < 1.29 is 9.21 Å². The number of benzene rings is 2. The Balaban J connectivity index is 1.73. The van der Waals surface area contributed by atoms with Crippen molar-refractivity contribution in [1.29, 1.82) is 0 Å². The number of nitrogens with two attached hydrogens (primary N) is 1. The van der Waals surface area contributed by atoms with Gasteiger partial charge in [0.2, 0.25) is 5.91 Å². The van der Waals surface area contributed by atoms with Gasteiger partial charge in [-0.1, -0.05) is 18.2 Å². The predicted molar refractivity (Wildman–Crippen MR) is 130 cm³/mol. The van der Waals surface area contributed by atoms with Crippen LogP contribution >= 0.6 is 11.6 Å². The number of anilines is 1. The third-order valence-corrected chi connectivity index (χ3v) is 5.87. The molecular formula is C24H21ClN6O2. The minimum absolute atomic E-state index is 0.141. The third kappa shape index (κ3) is 3.44. The van der Waals surface area contributed by atoms with Crippen molar-refractivity contribution in [1.82, 2.24) is 15.2 Å². The molecule has 0 aliphatic carbocycles. The number of rotatable bonds is 4. The lowest BCUT2D eigenvalue weighted by molar-refractivity contribution is -0.111. The fourth-order valence-corrected chi connectivity index (χ4v) is 4.14. The van der Waals surface area contributed by atoms with Gasteiger partial charge in [0.1, 0.15) is 11.3 Å². The summed E-state index contributed by atoms with van der Waals surface area (Å²) in [6.07, 6.45) is 1.22. The molecule has 4 aromatic rings. The summed E-state index contributed by atoms with van der Waals surface area (Å²) >= 11 is 6.23. The van der Waals surface area contributed by atoms with Crippen LogP contribution in [0.1, 0.15) is 29.8 Å². The number of hydrazone groups is 1. The average Bonchev–Trinajstić information content (AvgIpc) is 3.36. The second kappa shape index (κ2) is 7.83. The summed E-state index contributed by atoms with van der Waals surface area (Å²) in [5.41, 5.74) is 14.6. The van der Waals surface area contributed by atoms with Crippen LogP contribution in [0.25, 0.3) is 28.1 Å². The molecule has 1 aliphatic heterocycles. The van der Waals surface area contributed by atoms with Crippen LogP contribution in [0.15, 0.2) is 64.6 Å². The van der Waals surface area contributed by atoms with Gasteiger partial charge in [-0.2, -0.15) is 10.2 Å². The van der Waals surface area contributed by atoms with Crippen LogP contribution in [-0.4, -0.2) is 21.5 Å². The minimum atomic E-state index is -0.279. The van der Waals surface area contributed by atoms with E-state index in [1.165, 1.54) is 6.08 Å². The van der Waals surface area contributed by atoms with Crippen LogP contribution < -0.4 is 16.5 Å². The number of halogens is 1. The number of fused-ring (bicyclic) bond motifs is 2. The maximum Gasteiger partial charge on any atom is 0.247 e. The monoisotopic (exact) mass is 460 g/mol. The number of aryl methyl sites for hydroxylation is 1. The molecule has 3 heterocycles. The van der Waals surface area contributed by atoms with E-state index in [-0.39, 0.29) is 11.9 Å². The van der Waals surface area contributed by atoms with E-state index < -0.39 is 0 Å². The highest BCUT2D eigenvalue weighted by atomic mass is 35.5. The van der Waals surface area contributed by atoms with E-state index >= 15 is 0 Å². The molecule has 1 aliphatic rings. The summed E-state index contributed by atoms with van der Waals surface area (Å²) in [5, 5.41) is 13.4. The Labute approximate surface area is 194 Å². The SMILES string of the molecule is C=CC(=O)Nc1ccc(-n2nc3c(c2-c2oc4ccc(Cl)cc4c2C)C(N)=NNC3C)cc1. The normalized spacial score (nSPS) is 15.0. The van der Waals surface area contributed by atoms with Gasteiger partial charge >= 0.3 is 0 Å². The average molecular weight is 461 g/mol. The number of furan rings is 1. The molecule has 166 valence electrons. The molecule has 0 saturated heterocycles. The highest BCUT2D eigenvalue weighted by Gasteiger charge is 2.31. The third-order valence-electron chi connectivity index (χ3n) is 5.64. The molecule has 0 spiro atoms. The van der Waals surface area contributed by atoms with Crippen molar-refractivity contribution in [2.75, 3.05) is 5.32 Å². The van der Waals surface area contributed by atoms with E-state index in [0.717, 1.165) is 27.9 Å². The Morgan fingerprint density at radius 3 is 2.79 bits per heavy atom. The van der Waals surface area contributed by atoms with Gasteiger partial charge in [-0.3, -0.25) is 10.2 Å². The zero-order valence-electron chi connectivity index (χ0n) is 18.0. The van der Waals surface area contributed by atoms with Gasteiger partial charge in [-0.25, -0.2) is 4.68 Å². The molecule has 1 atom stereocenters. The van der Waals surface area contributed by atoms with Gasteiger partial charge in [-0.15, -0.1) is 0 Å². The first kappa shape index (κ1) is 20.8. The molecule has 0 bridgehead atoms. The van der Waals surface area contributed by atoms with E-state index in [1.54, 1.807) is 22.9 Å². The summed E-state index contributed by atoms with van der Waals surface area (Å²) in [7, 11) is 0. The number of nitrogens with one attached hydrogen (secondary N) is 2. The maximum atomic E-state index is 11.6. The van der Waals surface area contributed by atoms with E-state index in [9.17, 15) is 4.79 Å². The van der Waals surface area contributed by atoms with Gasteiger partial charge < -0.3 is 15.5 Å². The number of aromatic nitrogens is 2. The first-order valence-electron chi connectivity index (χ1n) is 10.3. The molecule has 9 heteroatoms. The number of nitrogens with zero attached hydrogens (tertiary/aromatic N) is 3. The highest BCUT2D eigenvalue weighted by Crippen LogP contribution is 2.39. The lowest BCUT2D eigenvalue weighted by Gasteiger charge is -2.16. The number of hydrogen-bond acceptors (Lipinski definition) is 6. The van der Waals surface area contributed by atoms with Crippen LogP contribution in [0.3, 0.4) is 0 Å². The van der Waals surface area contributed by atoms with E-state index in [0.29, 0.717) is 33.6 Å². The maximum absolute atomic E-state index is 11.6. The zero-order valence-corrected chi connectivity index (χ0v) is 18.8. The molecule has 8 nitrogen and oxygen atoms in total. The quantitative estimate of drug-likeness (QED) is 0.384. The fraction of sp³-hybridized carbons (Fsp3) is 0.125. The standard InChI is InChI=1S/C24H21ClN6O2/c1-4-19(32)27-15-6-8-16(9-7-15)31-22(20-21(30-31)13(3)28-29-24(20)26)23-12(2)17-11-14(25)5-10-18(17)33-23/h4-11,13,28H,1H2,2-3H3,(H2,26,29)(H,27,32). The van der Waals surface area contributed by atoms with Gasteiger partial charge in [0.15, 0.2) is 11.6 Å². The van der Waals surface area contributed by atoms with Crippen LogP contribution in [0.2, 0.25) is 5.02 Å². The highest BCUT2D eigenvalue weighted by molar-refractivity contribution is 6.31. The Bertz CT molecular complexity index is 1450. The molecule has 0 fully saturated rings. The molecular weight excluding hydrogens is 440 g/mol. The number of carbonyl (C=O) groups excluding carboxylic acids is 1. The van der Waals surface area contributed by atoms with E-state index in [1.807, 2.05) is 38.1 Å². The Morgan fingerprint density at radius 1 is 1.30 bits per heavy atom. The van der Waals surface area contributed by atoms with Crippen LogP contribution in [-0.2, 0) is 4.79 Å². The van der Waals surface area contributed by atoms with Gasteiger partial charge in [0, 0.05) is 21.7 Å². The summed E-state index contributed by atoms with van der Waals surface area (Å²) in [6.45, 7) is 7.42. The zero-order chi connectivity index (χ0) is 23.3. The first-order chi connectivity index (χ1) is 15.9. The largest absolute Gasteiger partial charge is 0.454 e. The predicted octanol–water partition coefficient (Wildman–Crippen LogP) is 4.66. The van der Waals surface area contributed by atoms with Crippen molar-refractivity contribution in [3.05, 3.63) is 77.0 Å². The first-order valence-corrected chi connectivity index (χ1v) is 10.7. The molecule has 33 heavy (non-hydrogen) atoms. The minimum Gasteiger partial charge on any atom is -0.454 e. The number of carbonyl (C=O) groups is 1. The van der Waals surface area contributed by atoms with E-state index in [4.69, 9.17) is 26.9 Å². The van der Waals surface area contributed by atoms with Gasteiger partial charge in [0.05, 0.1) is 23.0 Å². The fourth-order valence-electron chi connectivity index (χ4n) is 3.97. The smallest absolute Gasteiger partial charge is 0.247 e. The van der Waals surface area contributed by atoms with Crippen molar-refractivity contribution in [2.24, 2.45) is 10.8 Å². The van der Waals surface area contributed by atoms with Crippen molar-refractivity contribution in [2.45, 2.75) is 19.9 Å². The number of amides is 1. The molecule has 2 aromatic carbocycles. The molecule has 0 radical (unpaired) electrons. The number of hydrogen-bond donors (Lipinski definition) is 3. The molecule has 1 amide bonds. The van der Waals surface area contributed by atoms with Crippen molar-refractivity contribution in [3.63, 3.8) is 0 Å². The van der Waals surface area contributed by atoms with Crippen LogP contribution in [0.4, 0.5) is 5.69 Å². The van der Waals surface area contributed by atoms with Gasteiger partial charge in [0.25, 0.3) is 0 Å². The topological polar surface area (TPSA) is 110 Å². The van der Waals surface area contributed by atoms with Crippen LogP contribution in [0, 0.1) is 6.92 Å². The van der Waals surface area contributed by atoms with Crippen molar-refractivity contribution in [3.8, 4) is 17.1 Å². The summed E-state index contributed by atoms with van der Waals surface area (Å²) in [6, 6.07) is 12.7. The lowest BCUT2D eigenvalue weighted by Crippen LogP contribution is -2.28. The second-order valence-electron chi connectivity index (χ2n) is 7.81. The molecule has 0 saturated carbocycles. The van der Waals surface area contributed by atoms with Crippen LogP contribution in [0.5, 0.6) is 0 Å². The lowest BCUT2D eigenvalue weighted by atomic mass is 10.0. The Hall–Kier alpha value is -4.04.